The van der Waals surface area contributed by atoms with Crippen LogP contribution < -0.4 is 5.73 Å². The normalized spacial score (nSPS) is 17.2. The number of nitrogens with two attached hydrogens (primary N) is 1. The molecule has 4 heteroatoms. The number of nitrogen functional groups attached to an aromatic ring is 1. The number of aromatic nitrogens is 2. The number of nitrogens with zero attached hydrogens (tertiary/aromatic N) is 2. The van der Waals surface area contributed by atoms with Gasteiger partial charge in [-0.15, -0.1) is 0 Å². The lowest BCUT2D eigenvalue weighted by Crippen LogP contribution is -2.09. The van der Waals surface area contributed by atoms with Gasteiger partial charge in [-0.1, -0.05) is 19.8 Å². The summed E-state index contributed by atoms with van der Waals surface area (Å²) in [6, 6.07) is 0. The SMILES string of the molecule is CCc1nc(C2CCCC2)nc(N)c1I. The number of hydrogen-bond donors (Lipinski definition) is 1. The van der Waals surface area contributed by atoms with Crippen LogP contribution in [0.1, 0.15) is 50.0 Å². The zero-order valence-corrected chi connectivity index (χ0v) is 11.1. The molecule has 3 nitrogen and oxygen atoms in total. The van der Waals surface area contributed by atoms with Crippen LogP contribution in [0, 0.1) is 3.57 Å². The standard InChI is InChI=1S/C11H16IN3/c1-2-8-9(12)10(13)15-11(14-8)7-5-3-4-6-7/h7H,2-6H2,1H3,(H2,13,14,15). The summed E-state index contributed by atoms with van der Waals surface area (Å²) in [5.74, 6) is 2.18. The summed E-state index contributed by atoms with van der Waals surface area (Å²) in [5, 5.41) is 0. The van der Waals surface area contributed by atoms with Gasteiger partial charge in [0.05, 0.1) is 9.26 Å². The van der Waals surface area contributed by atoms with E-state index in [0.717, 1.165) is 21.5 Å². The molecule has 1 saturated carbocycles. The molecule has 0 aromatic carbocycles. The fourth-order valence-electron chi connectivity index (χ4n) is 2.13. The average molecular weight is 317 g/mol. The molecule has 0 atom stereocenters. The molecule has 2 rings (SSSR count). The van der Waals surface area contributed by atoms with Gasteiger partial charge in [0.2, 0.25) is 0 Å². The molecule has 1 aliphatic carbocycles. The molecule has 0 bridgehead atoms. The maximum atomic E-state index is 5.91. The van der Waals surface area contributed by atoms with Gasteiger partial charge >= 0.3 is 0 Å². The summed E-state index contributed by atoms with van der Waals surface area (Å²) < 4.78 is 1.02. The number of aryl methyl sites for hydroxylation is 1. The van der Waals surface area contributed by atoms with E-state index >= 15 is 0 Å². The zero-order valence-electron chi connectivity index (χ0n) is 8.96. The van der Waals surface area contributed by atoms with E-state index in [1.54, 1.807) is 0 Å². The zero-order chi connectivity index (χ0) is 10.8. The lowest BCUT2D eigenvalue weighted by atomic mass is 10.1. The van der Waals surface area contributed by atoms with Gasteiger partial charge in [0.1, 0.15) is 11.6 Å². The Kier molecular flexibility index (Phi) is 3.43. The largest absolute Gasteiger partial charge is 0.383 e. The minimum Gasteiger partial charge on any atom is -0.383 e. The summed E-state index contributed by atoms with van der Waals surface area (Å²) in [4.78, 5) is 9.06. The Labute approximate surface area is 104 Å². The molecule has 0 saturated heterocycles. The summed E-state index contributed by atoms with van der Waals surface area (Å²) >= 11 is 2.23. The van der Waals surface area contributed by atoms with Gasteiger partial charge in [-0.3, -0.25) is 0 Å². The Morgan fingerprint density at radius 1 is 1.33 bits per heavy atom. The predicted octanol–water partition coefficient (Wildman–Crippen LogP) is 2.88. The van der Waals surface area contributed by atoms with Crippen molar-refractivity contribution in [1.29, 1.82) is 0 Å². The molecule has 0 unspecified atom stereocenters. The van der Waals surface area contributed by atoms with Gasteiger partial charge in [-0.05, 0) is 41.9 Å². The van der Waals surface area contributed by atoms with Gasteiger partial charge in [-0.2, -0.15) is 0 Å². The molecule has 1 heterocycles. The first kappa shape index (κ1) is 11.1. The summed E-state index contributed by atoms with van der Waals surface area (Å²) in [5.41, 5.74) is 7.01. The van der Waals surface area contributed by atoms with Crippen molar-refractivity contribution >= 4 is 28.4 Å². The van der Waals surface area contributed by atoms with Crippen molar-refractivity contribution in [2.24, 2.45) is 0 Å². The molecule has 1 aliphatic rings. The molecule has 0 aliphatic heterocycles. The molecule has 1 aromatic heterocycles. The highest BCUT2D eigenvalue weighted by molar-refractivity contribution is 14.1. The predicted molar refractivity (Wildman–Crippen MR) is 69.7 cm³/mol. The van der Waals surface area contributed by atoms with Crippen LogP contribution in [-0.4, -0.2) is 9.97 Å². The van der Waals surface area contributed by atoms with Crippen molar-refractivity contribution in [2.45, 2.75) is 44.9 Å². The Balaban J connectivity index is 2.35. The van der Waals surface area contributed by atoms with Crippen molar-refractivity contribution in [3.05, 3.63) is 15.1 Å². The van der Waals surface area contributed by atoms with Crippen LogP contribution in [0.5, 0.6) is 0 Å². The summed E-state index contributed by atoms with van der Waals surface area (Å²) in [7, 11) is 0. The monoisotopic (exact) mass is 317 g/mol. The van der Waals surface area contributed by atoms with Gasteiger partial charge in [-0.25, -0.2) is 9.97 Å². The Bertz CT molecular complexity index is 359. The Hall–Kier alpha value is -0.390. The molecule has 82 valence electrons. The molecular weight excluding hydrogens is 301 g/mol. The molecule has 1 aromatic rings. The van der Waals surface area contributed by atoms with E-state index in [0.29, 0.717) is 11.7 Å². The second-order valence-corrected chi connectivity index (χ2v) is 5.14. The maximum absolute atomic E-state index is 5.91. The highest BCUT2D eigenvalue weighted by Gasteiger charge is 2.21. The van der Waals surface area contributed by atoms with E-state index in [9.17, 15) is 0 Å². The molecule has 2 N–H and O–H groups in total. The van der Waals surface area contributed by atoms with Gasteiger partial charge in [0, 0.05) is 5.92 Å². The van der Waals surface area contributed by atoms with Crippen LogP contribution in [-0.2, 0) is 6.42 Å². The van der Waals surface area contributed by atoms with E-state index in [4.69, 9.17) is 5.73 Å². The highest BCUT2D eigenvalue weighted by Crippen LogP contribution is 2.33. The minimum atomic E-state index is 0.551. The maximum Gasteiger partial charge on any atom is 0.140 e. The van der Waals surface area contributed by atoms with Crippen molar-refractivity contribution in [1.82, 2.24) is 9.97 Å². The smallest absolute Gasteiger partial charge is 0.140 e. The quantitative estimate of drug-likeness (QED) is 0.853. The molecular formula is C11H16IN3. The lowest BCUT2D eigenvalue weighted by Gasteiger charge is -2.11. The Morgan fingerprint density at radius 2 is 2.00 bits per heavy atom. The third kappa shape index (κ3) is 2.24. The van der Waals surface area contributed by atoms with Crippen molar-refractivity contribution in [3.63, 3.8) is 0 Å². The topological polar surface area (TPSA) is 51.8 Å². The molecule has 15 heavy (non-hydrogen) atoms. The summed E-state index contributed by atoms with van der Waals surface area (Å²) in [6.45, 7) is 2.11. The van der Waals surface area contributed by atoms with E-state index in [1.807, 2.05) is 0 Å². The number of halogens is 1. The number of hydrogen-bond acceptors (Lipinski definition) is 3. The summed E-state index contributed by atoms with van der Waals surface area (Å²) in [6.07, 6.45) is 6.00. The van der Waals surface area contributed by atoms with Crippen LogP contribution in [0.2, 0.25) is 0 Å². The third-order valence-corrected chi connectivity index (χ3v) is 4.19. The average Bonchev–Trinajstić information content (AvgIpc) is 2.75. The first-order chi connectivity index (χ1) is 7.22. The first-order valence-electron chi connectivity index (χ1n) is 5.54. The first-order valence-corrected chi connectivity index (χ1v) is 6.62. The molecule has 0 amide bonds. The highest BCUT2D eigenvalue weighted by atomic mass is 127. The van der Waals surface area contributed by atoms with Gasteiger partial charge in [0.15, 0.2) is 0 Å². The van der Waals surface area contributed by atoms with Crippen LogP contribution in [0.4, 0.5) is 5.82 Å². The number of rotatable bonds is 2. The van der Waals surface area contributed by atoms with E-state index in [2.05, 4.69) is 39.5 Å². The molecule has 0 radical (unpaired) electrons. The minimum absolute atomic E-state index is 0.551. The Morgan fingerprint density at radius 3 is 2.60 bits per heavy atom. The van der Waals surface area contributed by atoms with E-state index in [-0.39, 0.29) is 0 Å². The van der Waals surface area contributed by atoms with Crippen molar-refractivity contribution < 1.29 is 0 Å². The van der Waals surface area contributed by atoms with Crippen LogP contribution in [0.15, 0.2) is 0 Å². The fourth-order valence-corrected chi connectivity index (χ4v) is 2.76. The van der Waals surface area contributed by atoms with Gasteiger partial charge in [0.25, 0.3) is 0 Å². The van der Waals surface area contributed by atoms with Crippen LogP contribution in [0.3, 0.4) is 0 Å². The van der Waals surface area contributed by atoms with E-state index in [1.165, 1.54) is 25.7 Å². The fraction of sp³-hybridized carbons (Fsp3) is 0.636. The molecule has 1 fully saturated rings. The van der Waals surface area contributed by atoms with E-state index < -0.39 is 0 Å². The van der Waals surface area contributed by atoms with Crippen LogP contribution >= 0.6 is 22.6 Å². The third-order valence-electron chi connectivity index (χ3n) is 3.02. The van der Waals surface area contributed by atoms with Crippen LogP contribution in [0.25, 0.3) is 0 Å². The van der Waals surface area contributed by atoms with Gasteiger partial charge < -0.3 is 5.73 Å². The van der Waals surface area contributed by atoms with Crippen molar-refractivity contribution in [3.8, 4) is 0 Å². The molecule has 0 spiro atoms. The second-order valence-electron chi connectivity index (χ2n) is 4.06. The van der Waals surface area contributed by atoms with Crippen molar-refractivity contribution in [2.75, 3.05) is 5.73 Å². The second kappa shape index (κ2) is 4.63. The number of anilines is 1. The lowest BCUT2D eigenvalue weighted by molar-refractivity contribution is 0.661.